The van der Waals surface area contributed by atoms with E-state index in [0.29, 0.717) is 12.8 Å². The molecular weight excluding hydrogens is 285 g/mol. The minimum Gasteiger partial charge on any atom is -0.466 e. The minimum atomic E-state index is -4.49. The highest BCUT2D eigenvalue weighted by Gasteiger charge is 2.33. The molecule has 0 aliphatic carbocycles. The molecule has 21 heavy (non-hydrogen) atoms. The van der Waals surface area contributed by atoms with Crippen LogP contribution in [0.2, 0.25) is 0 Å². The van der Waals surface area contributed by atoms with Gasteiger partial charge in [0.1, 0.15) is 0 Å². The molecule has 0 fully saturated rings. The van der Waals surface area contributed by atoms with Crippen LogP contribution in [0, 0.1) is 5.92 Å². The fourth-order valence-electron chi connectivity index (χ4n) is 2.10. The maximum atomic E-state index is 12.7. The lowest BCUT2D eigenvalue weighted by atomic mass is 9.91. The molecule has 118 valence electrons. The third kappa shape index (κ3) is 4.74. The Bertz CT molecular complexity index is 471. The molecule has 6 heteroatoms. The summed E-state index contributed by atoms with van der Waals surface area (Å²) >= 11 is 0. The summed E-state index contributed by atoms with van der Waals surface area (Å²) in [6, 6.07) is 4.39. The van der Waals surface area contributed by atoms with Gasteiger partial charge in [0.05, 0.1) is 24.2 Å². The summed E-state index contributed by atoms with van der Waals surface area (Å²) in [6.07, 6.45) is -4.85. The monoisotopic (exact) mass is 304 g/mol. The quantitative estimate of drug-likeness (QED) is 0.815. The first-order valence-corrected chi connectivity index (χ1v) is 6.83. The molecular formula is C15H19F3O3. The molecule has 0 spiro atoms. The molecule has 0 aromatic heterocycles. The Morgan fingerprint density at radius 1 is 1.33 bits per heavy atom. The van der Waals surface area contributed by atoms with E-state index < -0.39 is 29.7 Å². The molecule has 0 aliphatic heterocycles. The Morgan fingerprint density at radius 2 is 2.00 bits per heavy atom. The van der Waals surface area contributed by atoms with Gasteiger partial charge in [-0.1, -0.05) is 25.5 Å². The van der Waals surface area contributed by atoms with Crippen LogP contribution < -0.4 is 0 Å². The molecule has 0 aliphatic rings. The van der Waals surface area contributed by atoms with Crippen LogP contribution in [0.25, 0.3) is 0 Å². The van der Waals surface area contributed by atoms with E-state index in [4.69, 9.17) is 4.74 Å². The largest absolute Gasteiger partial charge is 0.466 e. The number of ether oxygens (including phenoxy) is 1. The molecule has 0 saturated heterocycles. The van der Waals surface area contributed by atoms with Gasteiger partial charge in [-0.3, -0.25) is 4.79 Å². The summed E-state index contributed by atoms with van der Waals surface area (Å²) in [6.45, 7) is 3.62. The summed E-state index contributed by atoms with van der Waals surface area (Å²) in [5.74, 6) is -1.46. The summed E-state index contributed by atoms with van der Waals surface area (Å²) in [4.78, 5) is 11.8. The smallest absolute Gasteiger partial charge is 0.416 e. The van der Waals surface area contributed by atoms with Crippen molar-refractivity contribution in [2.75, 3.05) is 6.61 Å². The predicted octanol–water partition coefficient (Wildman–Crippen LogP) is 3.72. The second kappa shape index (κ2) is 7.45. The van der Waals surface area contributed by atoms with Gasteiger partial charge in [0, 0.05) is 0 Å². The molecule has 1 aromatic carbocycles. The van der Waals surface area contributed by atoms with Crippen LogP contribution in [0.3, 0.4) is 0 Å². The van der Waals surface area contributed by atoms with Crippen molar-refractivity contribution in [1.82, 2.24) is 0 Å². The van der Waals surface area contributed by atoms with Crippen LogP contribution in [0.15, 0.2) is 24.3 Å². The maximum absolute atomic E-state index is 12.7. The van der Waals surface area contributed by atoms with E-state index in [1.165, 1.54) is 12.1 Å². The molecule has 0 heterocycles. The van der Waals surface area contributed by atoms with Crippen molar-refractivity contribution in [2.45, 2.75) is 39.0 Å². The fourth-order valence-corrected chi connectivity index (χ4v) is 2.10. The van der Waals surface area contributed by atoms with Crippen LogP contribution in [0.1, 0.15) is 43.9 Å². The first-order valence-electron chi connectivity index (χ1n) is 6.83. The molecule has 3 nitrogen and oxygen atoms in total. The maximum Gasteiger partial charge on any atom is 0.416 e. The van der Waals surface area contributed by atoms with Gasteiger partial charge in [0.25, 0.3) is 0 Å². The molecule has 1 N–H and O–H groups in total. The number of esters is 1. The van der Waals surface area contributed by atoms with Crippen LogP contribution in [0.4, 0.5) is 13.2 Å². The number of halogens is 3. The fraction of sp³-hybridized carbons (Fsp3) is 0.533. The van der Waals surface area contributed by atoms with E-state index in [1.807, 2.05) is 6.92 Å². The van der Waals surface area contributed by atoms with Crippen LogP contribution in [-0.2, 0) is 15.7 Å². The summed E-state index contributed by atoms with van der Waals surface area (Å²) < 4.78 is 42.9. The number of benzene rings is 1. The van der Waals surface area contributed by atoms with Crippen molar-refractivity contribution in [1.29, 1.82) is 0 Å². The molecule has 0 radical (unpaired) electrons. The van der Waals surface area contributed by atoms with E-state index in [1.54, 1.807) is 6.92 Å². The highest BCUT2D eigenvalue weighted by molar-refractivity contribution is 5.73. The van der Waals surface area contributed by atoms with Crippen LogP contribution in [0.5, 0.6) is 0 Å². The van der Waals surface area contributed by atoms with Gasteiger partial charge in [0.2, 0.25) is 0 Å². The third-order valence-corrected chi connectivity index (χ3v) is 3.13. The Kier molecular flexibility index (Phi) is 6.20. The van der Waals surface area contributed by atoms with Gasteiger partial charge in [-0.2, -0.15) is 13.2 Å². The molecule has 1 aromatic rings. The number of hydrogen-bond donors (Lipinski definition) is 1. The summed E-state index contributed by atoms with van der Waals surface area (Å²) in [5, 5.41) is 10.2. The molecule has 2 unspecified atom stereocenters. The van der Waals surface area contributed by atoms with Crippen molar-refractivity contribution in [3.8, 4) is 0 Å². The topological polar surface area (TPSA) is 46.5 Å². The van der Waals surface area contributed by atoms with E-state index in [-0.39, 0.29) is 12.2 Å². The highest BCUT2D eigenvalue weighted by Crippen LogP contribution is 2.33. The lowest BCUT2D eigenvalue weighted by Gasteiger charge is -2.22. The second-order valence-corrected chi connectivity index (χ2v) is 4.72. The average molecular weight is 304 g/mol. The zero-order valence-corrected chi connectivity index (χ0v) is 12.0. The van der Waals surface area contributed by atoms with Gasteiger partial charge in [0.15, 0.2) is 0 Å². The van der Waals surface area contributed by atoms with E-state index in [2.05, 4.69) is 0 Å². The number of aliphatic hydroxyl groups is 1. The van der Waals surface area contributed by atoms with Crippen molar-refractivity contribution in [3.63, 3.8) is 0 Å². The number of carbonyl (C=O) groups excluding carboxylic acids is 1. The third-order valence-electron chi connectivity index (χ3n) is 3.13. The molecule has 2 atom stereocenters. The van der Waals surface area contributed by atoms with Gasteiger partial charge in [-0.05, 0) is 31.0 Å². The Hall–Kier alpha value is -1.56. The number of rotatable bonds is 6. The van der Waals surface area contributed by atoms with Crippen molar-refractivity contribution >= 4 is 5.97 Å². The van der Waals surface area contributed by atoms with E-state index in [9.17, 15) is 23.1 Å². The Labute approximate surface area is 121 Å². The second-order valence-electron chi connectivity index (χ2n) is 4.72. The highest BCUT2D eigenvalue weighted by atomic mass is 19.4. The standard InChI is InChI=1S/C15H19F3O3/c1-3-6-12(14(20)21-4-2)13(19)10-7-5-8-11(9-10)15(16,17)18/h5,7-9,12-13,19H,3-4,6H2,1-2H3. The summed E-state index contributed by atoms with van der Waals surface area (Å²) in [7, 11) is 0. The number of alkyl halides is 3. The Balaban J connectivity index is 3.03. The van der Waals surface area contributed by atoms with Crippen molar-refractivity contribution in [3.05, 3.63) is 35.4 Å². The molecule has 0 bridgehead atoms. The van der Waals surface area contributed by atoms with Crippen LogP contribution in [-0.4, -0.2) is 17.7 Å². The van der Waals surface area contributed by atoms with Gasteiger partial charge in [-0.15, -0.1) is 0 Å². The van der Waals surface area contributed by atoms with Crippen molar-refractivity contribution in [2.24, 2.45) is 5.92 Å². The van der Waals surface area contributed by atoms with Gasteiger partial charge in [-0.25, -0.2) is 0 Å². The normalized spacial score (nSPS) is 14.6. The first kappa shape index (κ1) is 17.5. The van der Waals surface area contributed by atoms with E-state index >= 15 is 0 Å². The Morgan fingerprint density at radius 3 is 2.52 bits per heavy atom. The number of carbonyl (C=O) groups is 1. The number of hydrogen-bond acceptors (Lipinski definition) is 3. The average Bonchev–Trinajstić information content (AvgIpc) is 2.43. The van der Waals surface area contributed by atoms with Gasteiger partial charge < -0.3 is 9.84 Å². The lowest BCUT2D eigenvalue weighted by molar-refractivity contribution is -0.152. The first-order chi connectivity index (χ1) is 9.81. The zero-order valence-electron chi connectivity index (χ0n) is 12.0. The molecule has 0 saturated carbocycles. The summed E-state index contributed by atoms with van der Waals surface area (Å²) in [5.41, 5.74) is -0.783. The minimum absolute atomic E-state index is 0.0660. The van der Waals surface area contributed by atoms with Crippen molar-refractivity contribution < 1.29 is 27.8 Å². The lowest BCUT2D eigenvalue weighted by Crippen LogP contribution is -2.25. The van der Waals surface area contributed by atoms with Crippen LogP contribution >= 0.6 is 0 Å². The van der Waals surface area contributed by atoms with Gasteiger partial charge >= 0.3 is 12.1 Å². The molecule has 0 amide bonds. The predicted molar refractivity (Wildman–Crippen MR) is 71.4 cm³/mol. The number of aliphatic hydroxyl groups excluding tert-OH is 1. The van der Waals surface area contributed by atoms with E-state index in [0.717, 1.165) is 12.1 Å². The molecule has 1 rings (SSSR count). The zero-order chi connectivity index (χ0) is 16.0. The SMILES string of the molecule is CCCC(C(=O)OCC)C(O)c1cccc(C(F)(F)F)c1.